The standard InChI is InChI=1S/C14H28O/c1-11(2)9-12-10-14(6,7-8-15-12)13(3,4)5/h11-12H,7-10H2,1-6H3/t12-,14?/m1/s1. The van der Waals surface area contributed by atoms with E-state index in [9.17, 15) is 0 Å². The van der Waals surface area contributed by atoms with Crippen LogP contribution in [-0.4, -0.2) is 12.7 Å². The molecule has 1 saturated heterocycles. The van der Waals surface area contributed by atoms with E-state index in [0.717, 1.165) is 12.5 Å². The van der Waals surface area contributed by atoms with E-state index in [1.165, 1.54) is 19.3 Å². The first kappa shape index (κ1) is 13.0. The number of hydrogen-bond donors (Lipinski definition) is 0. The lowest BCUT2D eigenvalue weighted by Crippen LogP contribution is -2.42. The van der Waals surface area contributed by atoms with E-state index < -0.39 is 0 Å². The molecule has 0 aromatic rings. The van der Waals surface area contributed by atoms with E-state index in [2.05, 4.69) is 41.5 Å². The van der Waals surface area contributed by atoms with Crippen molar-refractivity contribution in [3.05, 3.63) is 0 Å². The lowest BCUT2D eigenvalue weighted by Gasteiger charge is -2.47. The van der Waals surface area contributed by atoms with E-state index in [4.69, 9.17) is 4.74 Å². The molecule has 1 heterocycles. The van der Waals surface area contributed by atoms with Crippen LogP contribution in [0.2, 0.25) is 0 Å². The second kappa shape index (κ2) is 4.45. The minimum absolute atomic E-state index is 0.395. The van der Waals surface area contributed by atoms with Crippen molar-refractivity contribution in [1.82, 2.24) is 0 Å². The average molecular weight is 212 g/mol. The molecule has 0 aromatic carbocycles. The summed E-state index contributed by atoms with van der Waals surface area (Å²) in [7, 11) is 0. The van der Waals surface area contributed by atoms with Gasteiger partial charge in [0.05, 0.1) is 6.10 Å². The molecule has 1 fully saturated rings. The van der Waals surface area contributed by atoms with Gasteiger partial charge in [-0.2, -0.15) is 0 Å². The van der Waals surface area contributed by atoms with E-state index in [1.54, 1.807) is 0 Å². The Morgan fingerprint density at radius 2 is 1.93 bits per heavy atom. The Hall–Kier alpha value is -0.0400. The summed E-state index contributed by atoms with van der Waals surface area (Å²) in [4.78, 5) is 0. The first-order valence-corrected chi connectivity index (χ1v) is 6.36. The van der Waals surface area contributed by atoms with Crippen molar-refractivity contribution in [3.8, 4) is 0 Å². The van der Waals surface area contributed by atoms with Gasteiger partial charge in [-0.3, -0.25) is 0 Å². The van der Waals surface area contributed by atoms with Crippen LogP contribution in [-0.2, 0) is 4.74 Å². The van der Waals surface area contributed by atoms with Crippen LogP contribution in [0.15, 0.2) is 0 Å². The van der Waals surface area contributed by atoms with Crippen LogP contribution in [0.4, 0.5) is 0 Å². The highest BCUT2D eigenvalue weighted by Gasteiger charge is 2.41. The maximum absolute atomic E-state index is 5.88. The van der Waals surface area contributed by atoms with Gasteiger partial charge in [0.25, 0.3) is 0 Å². The minimum Gasteiger partial charge on any atom is -0.378 e. The van der Waals surface area contributed by atoms with E-state index in [-0.39, 0.29) is 0 Å². The van der Waals surface area contributed by atoms with Crippen LogP contribution in [0.1, 0.15) is 60.8 Å². The molecular weight excluding hydrogens is 184 g/mol. The largest absolute Gasteiger partial charge is 0.378 e. The molecule has 0 radical (unpaired) electrons. The van der Waals surface area contributed by atoms with Gasteiger partial charge < -0.3 is 4.74 Å². The van der Waals surface area contributed by atoms with Gasteiger partial charge in [-0.25, -0.2) is 0 Å². The first-order valence-electron chi connectivity index (χ1n) is 6.36. The Balaban J connectivity index is 2.63. The summed E-state index contributed by atoms with van der Waals surface area (Å²) in [5.41, 5.74) is 0.844. The van der Waals surface area contributed by atoms with Gasteiger partial charge in [0.2, 0.25) is 0 Å². The molecule has 15 heavy (non-hydrogen) atoms. The van der Waals surface area contributed by atoms with E-state index >= 15 is 0 Å². The molecule has 0 spiro atoms. The SMILES string of the molecule is CC(C)C[C@@H]1CC(C)(C(C)(C)C)CCO1. The fourth-order valence-corrected chi connectivity index (χ4v) is 2.47. The molecule has 0 aliphatic carbocycles. The maximum atomic E-state index is 5.88. The van der Waals surface area contributed by atoms with Gasteiger partial charge in [-0.1, -0.05) is 41.5 Å². The number of rotatable bonds is 2. The van der Waals surface area contributed by atoms with Crippen LogP contribution >= 0.6 is 0 Å². The third-order valence-electron chi connectivity index (χ3n) is 4.23. The minimum atomic E-state index is 0.395. The Morgan fingerprint density at radius 3 is 2.40 bits per heavy atom. The van der Waals surface area contributed by atoms with Gasteiger partial charge in [-0.05, 0) is 36.0 Å². The topological polar surface area (TPSA) is 9.23 Å². The molecular formula is C14H28O. The van der Waals surface area contributed by atoms with Crippen molar-refractivity contribution in [2.75, 3.05) is 6.61 Å². The molecule has 1 aliphatic heterocycles. The third kappa shape index (κ3) is 3.21. The summed E-state index contributed by atoms with van der Waals surface area (Å²) in [5, 5.41) is 0. The molecule has 90 valence electrons. The van der Waals surface area contributed by atoms with Crippen molar-refractivity contribution < 1.29 is 4.74 Å². The van der Waals surface area contributed by atoms with Gasteiger partial charge in [0.15, 0.2) is 0 Å². The summed E-state index contributed by atoms with van der Waals surface area (Å²) in [6.07, 6.45) is 4.15. The van der Waals surface area contributed by atoms with E-state index in [1.807, 2.05) is 0 Å². The molecule has 1 heteroatoms. The summed E-state index contributed by atoms with van der Waals surface area (Å²) in [6.45, 7) is 15.0. The fraction of sp³-hybridized carbons (Fsp3) is 1.00. The Morgan fingerprint density at radius 1 is 1.33 bits per heavy atom. The zero-order chi connectivity index (χ0) is 11.7. The predicted molar refractivity (Wildman–Crippen MR) is 66.0 cm³/mol. The van der Waals surface area contributed by atoms with Crippen LogP contribution < -0.4 is 0 Å². The molecule has 0 bridgehead atoms. The zero-order valence-electron chi connectivity index (χ0n) is 11.4. The van der Waals surface area contributed by atoms with Crippen molar-refractivity contribution in [1.29, 1.82) is 0 Å². The molecule has 1 aliphatic rings. The summed E-state index contributed by atoms with van der Waals surface area (Å²) in [6, 6.07) is 0. The van der Waals surface area contributed by atoms with Crippen LogP contribution in [0.5, 0.6) is 0 Å². The van der Waals surface area contributed by atoms with Crippen molar-refractivity contribution in [2.45, 2.75) is 66.9 Å². The smallest absolute Gasteiger partial charge is 0.0583 e. The summed E-state index contributed by atoms with van der Waals surface area (Å²) >= 11 is 0. The summed E-state index contributed by atoms with van der Waals surface area (Å²) in [5.74, 6) is 0.748. The highest BCUT2D eigenvalue weighted by molar-refractivity contribution is 4.91. The average Bonchev–Trinajstić information content (AvgIpc) is 2.00. The normalized spacial score (nSPS) is 33.4. The maximum Gasteiger partial charge on any atom is 0.0583 e. The van der Waals surface area contributed by atoms with Crippen molar-refractivity contribution >= 4 is 0 Å². The molecule has 1 nitrogen and oxygen atoms in total. The zero-order valence-corrected chi connectivity index (χ0v) is 11.4. The number of ether oxygens (including phenoxy) is 1. The molecule has 0 N–H and O–H groups in total. The predicted octanol–water partition coefficient (Wildman–Crippen LogP) is 4.26. The lowest BCUT2D eigenvalue weighted by molar-refractivity contribution is -0.0892. The third-order valence-corrected chi connectivity index (χ3v) is 4.23. The van der Waals surface area contributed by atoms with Crippen LogP contribution in [0, 0.1) is 16.7 Å². The lowest BCUT2D eigenvalue weighted by atomic mass is 9.62. The highest BCUT2D eigenvalue weighted by Crippen LogP contribution is 2.48. The Labute approximate surface area is 95.6 Å². The molecule has 0 saturated carbocycles. The second-order valence-electron chi connectivity index (χ2n) is 6.89. The van der Waals surface area contributed by atoms with Gasteiger partial charge in [-0.15, -0.1) is 0 Å². The fourth-order valence-electron chi connectivity index (χ4n) is 2.47. The highest BCUT2D eigenvalue weighted by atomic mass is 16.5. The Kier molecular flexibility index (Phi) is 3.86. The first-order chi connectivity index (χ1) is 6.74. The van der Waals surface area contributed by atoms with E-state index in [0.29, 0.717) is 16.9 Å². The van der Waals surface area contributed by atoms with Gasteiger partial charge in [0.1, 0.15) is 0 Å². The second-order valence-corrected chi connectivity index (χ2v) is 6.89. The quantitative estimate of drug-likeness (QED) is 0.664. The molecule has 1 unspecified atom stereocenters. The molecule has 0 aromatic heterocycles. The van der Waals surface area contributed by atoms with Crippen LogP contribution in [0.3, 0.4) is 0 Å². The monoisotopic (exact) mass is 212 g/mol. The van der Waals surface area contributed by atoms with Crippen molar-refractivity contribution in [2.24, 2.45) is 16.7 Å². The molecule has 1 rings (SSSR count). The van der Waals surface area contributed by atoms with Gasteiger partial charge in [0, 0.05) is 6.61 Å². The van der Waals surface area contributed by atoms with Crippen LogP contribution in [0.25, 0.3) is 0 Å². The molecule has 2 atom stereocenters. The number of hydrogen-bond acceptors (Lipinski definition) is 1. The van der Waals surface area contributed by atoms with Crippen molar-refractivity contribution in [3.63, 3.8) is 0 Å². The van der Waals surface area contributed by atoms with Gasteiger partial charge >= 0.3 is 0 Å². The molecule has 0 amide bonds. The Bertz CT molecular complexity index is 202. The summed E-state index contributed by atoms with van der Waals surface area (Å²) < 4.78 is 5.88.